The van der Waals surface area contributed by atoms with E-state index in [0.29, 0.717) is 6.54 Å². The lowest BCUT2D eigenvalue weighted by Gasteiger charge is -2.13. The van der Waals surface area contributed by atoms with Crippen LogP contribution in [-0.2, 0) is 24.4 Å². The average molecular weight is 467 g/mol. The third-order valence-corrected chi connectivity index (χ3v) is 5.23. The molecule has 0 fully saturated rings. The molecule has 0 bridgehead atoms. The molecule has 34 heavy (non-hydrogen) atoms. The number of carbonyl (C=O) groups excluding carboxylic acids is 1. The lowest BCUT2D eigenvalue weighted by Crippen LogP contribution is -2.43. The van der Waals surface area contributed by atoms with E-state index in [2.05, 4.69) is 10.3 Å². The van der Waals surface area contributed by atoms with Gasteiger partial charge in [0.25, 0.3) is 5.56 Å². The fourth-order valence-electron chi connectivity index (χ4n) is 3.74. The molecule has 0 unspecified atom stereocenters. The summed E-state index contributed by atoms with van der Waals surface area (Å²) in [7, 11) is 0. The molecule has 0 radical (unpaired) electrons. The quantitative estimate of drug-likeness (QED) is 0.453. The van der Waals surface area contributed by atoms with Crippen molar-refractivity contribution in [2.75, 3.05) is 5.32 Å². The van der Waals surface area contributed by atoms with Gasteiger partial charge in [-0.05, 0) is 23.6 Å². The van der Waals surface area contributed by atoms with E-state index in [-0.39, 0.29) is 29.3 Å². The van der Waals surface area contributed by atoms with E-state index in [1.54, 1.807) is 4.57 Å². The Labute approximate surface area is 193 Å². The Kier molecular flexibility index (Phi) is 6.40. The van der Waals surface area contributed by atoms with Gasteiger partial charge in [0, 0.05) is 18.3 Å². The van der Waals surface area contributed by atoms with Gasteiger partial charge >= 0.3 is 5.69 Å². The lowest BCUT2D eigenvalue weighted by molar-refractivity contribution is -0.116. The number of imidazole rings is 1. The van der Waals surface area contributed by atoms with Gasteiger partial charge in [-0.25, -0.2) is 23.1 Å². The molecule has 0 atom stereocenters. The molecule has 0 aliphatic rings. The van der Waals surface area contributed by atoms with Crippen molar-refractivity contribution in [2.24, 2.45) is 5.92 Å². The highest BCUT2D eigenvalue weighted by Gasteiger charge is 2.20. The topological polar surface area (TPSA) is 90.9 Å². The fourth-order valence-corrected chi connectivity index (χ4v) is 3.74. The standard InChI is InChI=1S/C24H23F2N5O3/c1-15(2)11-29-14-27-22-21(29)23(33)31(24(34)30(22)12-16-6-4-3-5-7-16)13-20(32)28-17-8-9-18(25)19(26)10-17/h3-10,14-15H,11-13H2,1-2H3,(H,28,32). The van der Waals surface area contributed by atoms with Crippen LogP contribution in [-0.4, -0.2) is 24.6 Å². The first-order chi connectivity index (χ1) is 16.2. The Bertz CT molecular complexity index is 1470. The van der Waals surface area contributed by atoms with Crippen LogP contribution in [0.4, 0.5) is 14.5 Å². The monoisotopic (exact) mass is 467 g/mol. The van der Waals surface area contributed by atoms with Gasteiger partial charge in [-0.15, -0.1) is 0 Å². The zero-order valence-corrected chi connectivity index (χ0v) is 18.7. The molecule has 0 saturated heterocycles. The number of nitrogens with one attached hydrogen (secondary N) is 1. The van der Waals surface area contributed by atoms with Crippen LogP contribution in [0.25, 0.3) is 11.2 Å². The number of nitrogens with zero attached hydrogens (tertiary/aromatic N) is 4. The minimum absolute atomic E-state index is 0.00693. The van der Waals surface area contributed by atoms with Gasteiger partial charge in [-0.3, -0.25) is 14.2 Å². The Morgan fingerprint density at radius 1 is 1.03 bits per heavy atom. The first-order valence-corrected chi connectivity index (χ1v) is 10.7. The van der Waals surface area contributed by atoms with Crippen LogP contribution in [0.5, 0.6) is 0 Å². The predicted molar refractivity (Wildman–Crippen MR) is 124 cm³/mol. The molecule has 4 rings (SSSR count). The number of rotatable bonds is 7. The molecule has 1 amide bonds. The molecule has 8 nitrogen and oxygen atoms in total. The summed E-state index contributed by atoms with van der Waals surface area (Å²) in [5.74, 6) is -2.71. The fraction of sp³-hybridized carbons (Fsp3) is 0.250. The van der Waals surface area contributed by atoms with Crippen LogP contribution in [0, 0.1) is 17.6 Å². The molecular weight excluding hydrogens is 444 g/mol. The van der Waals surface area contributed by atoms with Crippen LogP contribution in [0.1, 0.15) is 19.4 Å². The van der Waals surface area contributed by atoms with Crippen molar-refractivity contribution in [1.29, 1.82) is 0 Å². The third kappa shape index (κ3) is 4.66. The maximum atomic E-state index is 13.5. The summed E-state index contributed by atoms with van der Waals surface area (Å²) < 4.78 is 30.5. The molecular formula is C24H23F2N5O3. The summed E-state index contributed by atoms with van der Waals surface area (Å²) in [5.41, 5.74) is -0.0747. The van der Waals surface area contributed by atoms with E-state index in [1.807, 2.05) is 44.2 Å². The molecule has 0 aliphatic carbocycles. The van der Waals surface area contributed by atoms with E-state index >= 15 is 0 Å². The number of benzene rings is 2. The normalized spacial score (nSPS) is 11.3. The molecule has 4 aromatic rings. The highest BCUT2D eigenvalue weighted by Crippen LogP contribution is 2.14. The molecule has 2 aromatic carbocycles. The molecule has 1 N–H and O–H groups in total. The lowest BCUT2D eigenvalue weighted by atomic mass is 10.2. The van der Waals surface area contributed by atoms with Crippen molar-refractivity contribution in [3.05, 3.63) is 92.9 Å². The maximum absolute atomic E-state index is 13.5. The van der Waals surface area contributed by atoms with Gasteiger partial charge in [0.2, 0.25) is 5.91 Å². The first-order valence-electron chi connectivity index (χ1n) is 10.7. The van der Waals surface area contributed by atoms with Gasteiger partial charge in [-0.1, -0.05) is 44.2 Å². The highest BCUT2D eigenvalue weighted by atomic mass is 19.2. The highest BCUT2D eigenvalue weighted by molar-refractivity contribution is 5.90. The Morgan fingerprint density at radius 2 is 1.76 bits per heavy atom. The van der Waals surface area contributed by atoms with Gasteiger partial charge in [-0.2, -0.15) is 0 Å². The molecule has 0 saturated carbocycles. The first kappa shape index (κ1) is 23.1. The van der Waals surface area contributed by atoms with Crippen LogP contribution in [0.2, 0.25) is 0 Å². The van der Waals surface area contributed by atoms with E-state index < -0.39 is 35.3 Å². The zero-order chi connectivity index (χ0) is 24.4. The Hall–Kier alpha value is -4.08. The van der Waals surface area contributed by atoms with Crippen LogP contribution in [0.15, 0.2) is 64.4 Å². The number of carbonyl (C=O) groups is 1. The van der Waals surface area contributed by atoms with Crippen LogP contribution < -0.4 is 16.6 Å². The SMILES string of the molecule is CC(C)Cn1cnc2c1c(=O)n(CC(=O)Nc1ccc(F)c(F)c1)c(=O)n2Cc1ccccc1. The van der Waals surface area contributed by atoms with E-state index in [9.17, 15) is 23.2 Å². The summed E-state index contributed by atoms with van der Waals surface area (Å²) in [6.07, 6.45) is 1.51. The van der Waals surface area contributed by atoms with E-state index in [1.165, 1.54) is 17.0 Å². The summed E-state index contributed by atoms with van der Waals surface area (Å²) in [6.45, 7) is 4.02. The van der Waals surface area contributed by atoms with Crippen LogP contribution >= 0.6 is 0 Å². The summed E-state index contributed by atoms with van der Waals surface area (Å²) >= 11 is 0. The summed E-state index contributed by atoms with van der Waals surface area (Å²) in [5, 5.41) is 2.39. The summed E-state index contributed by atoms with van der Waals surface area (Å²) in [4.78, 5) is 43.6. The van der Waals surface area contributed by atoms with E-state index in [0.717, 1.165) is 22.3 Å². The third-order valence-electron chi connectivity index (χ3n) is 5.23. The molecule has 2 heterocycles. The number of amides is 1. The van der Waals surface area contributed by atoms with Crippen molar-refractivity contribution in [3.8, 4) is 0 Å². The van der Waals surface area contributed by atoms with Crippen molar-refractivity contribution in [1.82, 2.24) is 18.7 Å². The zero-order valence-electron chi connectivity index (χ0n) is 18.7. The molecule has 10 heteroatoms. The molecule has 0 aliphatic heterocycles. The minimum Gasteiger partial charge on any atom is -0.324 e. The number of fused-ring (bicyclic) bond motifs is 1. The van der Waals surface area contributed by atoms with Gasteiger partial charge in [0.15, 0.2) is 22.8 Å². The molecule has 0 spiro atoms. The Morgan fingerprint density at radius 3 is 2.44 bits per heavy atom. The van der Waals surface area contributed by atoms with Crippen molar-refractivity contribution >= 4 is 22.8 Å². The molecule has 176 valence electrons. The number of hydrogen-bond donors (Lipinski definition) is 1. The van der Waals surface area contributed by atoms with Gasteiger partial charge in [0.1, 0.15) is 6.54 Å². The van der Waals surface area contributed by atoms with E-state index in [4.69, 9.17) is 0 Å². The maximum Gasteiger partial charge on any atom is 0.333 e. The largest absolute Gasteiger partial charge is 0.333 e. The summed E-state index contributed by atoms with van der Waals surface area (Å²) in [6, 6.07) is 12.1. The second kappa shape index (κ2) is 9.42. The number of anilines is 1. The second-order valence-corrected chi connectivity index (χ2v) is 8.39. The van der Waals surface area contributed by atoms with Gasteiger partial charge < -0.3 is 9.88 Å². The van der Waals surface area contributed by atoms with Crippen LogP contribution in [0.3, 0.4) is 0 Å². The minimum atomic E-state index is -1.13. The second-order valence-electron chi connectivity index (χ2n) is 8.39. The number of halogens is 2. The number of hydrogen-bond acceptors (Lipinski definition) is 4. The van der Waals surface area contributed by atoms with Crippen molar-refractivity contribution in [2.45, 2.75) is 33.5 Å². The van der Waals surface area contributed by atoms with Crippen molar-refractivity contribution < 1.29 is 13.6 Å². The average Bonchev–Trinajstić information content (AvgIpc) is 3.20. The smallest absolute Gasteiger partial charge is 0.324 e. The Balaban J connectivity index is 1.78. The number of aromatic nitrogens is 4. The predicted octanol–water partition coefficient (Wildman–Crippen LogP) is 2.98. The van der Waals surface area contributed by atoms with Crippen molar-refractivity contribution in [3.63, 3.8) is 0 Å². The van der Waals surface area contributed by atoms with Gasteiger partial charge in [0.05, 0.1) is 12.9 Å². The molecule has 2 aromatic heterocycles.